The van der Waals surface area contributed by atoms with Gasteiger partial charge >= 0.3 is 0 Å². The third kappa shape index (κ3) is 4.67. The molecule has 0 spiro atoms. The minimum absolute atomic E-state index is 0.0191. The van der Waals surface area contributed by atoms with Gasteiger partial charge < -0.3 is 24.4 Å². The van der Waals surface area contributed by atoms with Crippen molar-refractivity contribution in [3.05, 3.63) is 86.0 Å². The molecule has 2 aliphatic heterocycles. The summed E-state index contributed by atoms with van der Waals surface area (Å²) in [6.45, 7) is 0.0294. The first-order chi connectivity index (χ1) is 20.1. The molecule has 12 heteroatoms. The van der Waals surface area contributed by atoms with Crippen LogP contribution in [0.4, 0.5) is 11.4 Å². The van der Waals surface area contributed by atoms with Gasteiger partial charge in [-0.25, -0.2) is 4.90 Å². The molecule has 0 aromatic heterocycles. The molecule has 1 aliphatic carbocycles. The summed E-state index contributed by atoms with van der Waals surface area (Å²) in [6, 6.07) is 17.8. The van der Waals surface area contributed by atoms with Crippen LogP contribution in [0.2, 0.25) is 0 Å². The lowest BCUT2D eigenvalue weighted by Crippen LogP contribution is -2.55. The van der Waals surface area contributed by atoms with E-state index in [1.807, 2.05) is 40.8 Å². The number of carbonyl (C=O) groups excluding carboxylic acids is 2. The minimum atomic E-state index is -1.81. The van der Waals surface area contributed by atoms with E-state index >= 15 is 0 Å². The first-order valence-electron chi connectivity index (χ1n) is 13.4. The summed E-state index contributed by atoms with van der Waals surface area (Å²) in [7, 11) is 1.44. The van der Waals surface area contributed by atoms with Gasteiger partial charge in [-0.2, -0.15) is 0 Å². The molecule has 2 heterocycles. The molecule has 3 aromatic carbocycles. The van der Waals surface area contributed by atoms with Crippen molar-refractivity contribution < 1.29 is 38.9 Å². The second kappa shape index (κ2) is 10.8. The number of fused-ring (bicyclic) bond motifs is 3. The van der Waals surface area contributed by atoms with Gasteiger partial charge in [-0.3, -0.25) is 19.7 Å². The van der Waals surface area contributed by atoms with Crippen LogP contribution in [-0.4, -0.2) is 46.5 Å². The number of carbonyl (C=O) groups is 2. The Bertz CT molecular complexity index is 1570. The number of benzene rings is 3. The minimum Gasteiger partial charge on any atom is -0.504 e. The van der Waals surface area contributed by atoms with Crippen molar-refractivity contribution in [2.45, 2.75) is 24.7 Å². The molecule has 11 nitrogen and oxygen atoms in total. The Kier molecular flexibility index (Phi) is 7.31. The maximum atomic E-state index is 13.9. The highest BCUT2D eigenvalue weighted by Gasteiger charge is 2.67. The number of nitrogens with zero attached hydrogens (tertiary/aromatic N) is 2. The first-order valence-corrected chi connectivity index (χ1v) is 14.5. The average Bonchev–Trinajstić information content (AvgIpc) is 3.47. The monoisotopic (exact) mass is 686 g/mol. The van der Waals surface area contributed by atoms with Crippen molar-refractivity contribution in [2.75, 3.05) is 18.6 Å². The Labute approximate surface area is 254 Å². The van der Waals surface area contributed by atoms with Gasteiger partial charge in [0.15, 0.2) is 17.3 Å². The summed E-state index contributed by atoms with van der Waals surface area (Å²) in [4.78, 5) is 39.5. The van der Waals surface area contributed by atoms with E-state index in [4.69, 9.17) is 14.2 Å². The van der Waals surface area contributed by atoms with Gasteiger partial charge in [0.1, 0.15) is 5.75 Å². The van der Waals surface area contributed by atoms with Crippen molar-refractivity contribution in [2.24, 2.45) is 23.7 Å². The average molecular weight is 686 g/mol. The molecule has 6 atom stereocenters. The van der Waals surface area contributed by atoms with Crippen molar-refractivity contribution in [3.8, 4) is 17.2 Å². The fourth-order valence-electron chi connectivity index (χ4n) is 6.53. The molecule has 0 bridgehead atoms. The van der Waals surface area contributed by atoms with Crippen molar-refractivity contribution in [1.82, 2.24) is 0 Å². The van der Waals surface area contributed by atoms with Crippen LogP contribution in [0.1, 0.15) is 24.5 Å². The number of phenolic OH excluding ortho intramolecular Hbond substituents is 1. The summed E-state index contributed by atoms with van der Waals surface area (Å²) in [6.07, 6.45) is -0.342. The number of imide groups is 1. The molecule has 3 aliphatic rings. The zero-order chi connectivity index (χ0) is 29.8. The van der Waals surface area contributed by atoms with E-state index in [0.717, 1.165) is 4.90 Å². The van der Waals surface area contributed by atoms with Crippen molar-refractivity contribution in [3.63, 3.8) is 0 Å². The van der Waals surface area contributed by atoms with Crippen LogP contribution in [-0.2, 0) is 14.3 Å². The quantitative estimate of drug-likeness (QED) is 0.158. The van der Waals surface area contributed by atoms with Crippen LogP contribution in [0.25, 0.3) is 0 Å². The zero-order valence-electron chi connectivity index (χ0n) is 22.4. The lowest BCUT2D eigenvalue weighted by atomic mass is 9.64. The second-order valence-corrected chi connectivity index (χ2v) is 11.9. The number of hydrogen-bond acceptors (Lipinski definition) is 9. The van der Waals surface area contributed by atoms with Gasteiger partial charge in [-0.15, -0.1) is 0 Å². The number of non-ortho nitro benzene ring substituents is 1. The zero-order valence-corrected chi connectivity index (χ0v) is 24.5. The van der Waals surface area contributed by atoms with Crippen LogP contribution in [0.3, 0.4) is 0 Å². The van der Waals surface area contributed by atoms with E-state index in [-0.39, 0.29) is 42.3 Å². The third-order valence-corrected chi connectivity index (χ3v) is 9.32. The molecule has 3 aromatic rings. The number of halogens is 1. The van der Waals surface area contributed by atoms with Gasteiger partial charge in [-0.1, -0.05) is 24.3 Å². The number of para-hydroxylation sites is 1. The molecular formula is C30H27IN2O9. The van der Waals surface area contributed by atoms with E-state index in [1.165, 1.54) is 31.4 Å². The Balaban J connectivity index is 1.38. The Morgan fingerprint density at radius 2 is 1.86 bits per heavy atom. The van der Waals surface area contributed by atoms with Crippen molar-refractivity contribution in [1.29, 1.82) is 0 Å². The highest BCUT2D eigenvalue weighted by Crippen LogP contribution is 2.59. The fraction of sp³-hybridized carbons (Fsp3) is 0.333. The molecule has 2 amide bonds. The summed E-state index contributed by atoms with van der Waals surface area (Å²) >= 11 is 1.98. The third-order valence-electron chi connectivity index (χ3n) is 8.50. The maximum absolute atomic E-state index is 13.9. The number of nitro groups is 1. The predicted octanol–water partition coefficient (Wildman–Crippen LogP) is 4.58. The SMILES string of the molecule is COc1cc([C@@H]2C[C@H]3[C@H]4C(=O)N(c5cccc([N+](=O)[O-])c5)C(=O)[C@H]4C[C@H](COc4ccccc4)[C@@]3(O)O2)cc(I)c1O. The van der Waals surface area contributed by atoms with Gasteiger partial charge in [0.05, 0.1) is 45.8 Å². The van der Waals surface area contributed by atoms with Gasteiger partial charge in [-0.05, 0) is 71.3 Å². The summed E-state index contributed by atoms with van der Waals surface area (Å²) < 4.78 is 18.2. The van der Waals surface area contributed by atoms with Crippen molar-refractivity contribution >= 4 is 45.8 Å². The fourth-order valence-corrected chi connectivity index (χ4v) is 7.16. The topological polar surface area (TPSA) is 149 Å². The molecule has 0 unspecified atom stereocenters. The predicted molar refractivity (Wildman–Crippen MR) is 157 cm³/mol. The van der Waals surface area contributed by atoms with Crippen LogP contribution in [0, 0.1) is 37.4 Å². The number of nitro benzene ring substituents is 1. The smallest absolute Gasteiger partial charge is 0.271 e. The Hall–Kier alpha value is -3.75. The Morgan fingerprint density at radius 3 is 2.57 bits per heavy atom. The number of anilines is 1. The lowest BCUT2D eigenvalue weighted by molar-refractivity contribution is -0.384. The van der Waals surface area contributed by atoms with E-state index in [1.54, 1.807) is 24.3 Å². The van der Waals surface area contributed by atoms with Crippen LogP contribution in [0.5, 0.6) is 17.2 Å². The number of aromatic hydroxyl groups is 1. The van der Waals surface area contributed by atoms with E-state index in [2.05, 4.69) is 0 Å². The standard InChI is InChI=1S/C30H27IN2O9/c1-40-25-11-16(10-23(31)27(25)34)24-14-22-26-21(12-17(30(22,37)42-24)15-41-20-8-3-2-4-9-20)28(35)32(29(26)36)18-6-5-7-19(13-18)33(38)39/h2-11,13,17,21-22,24,26,34,37H,12,14-15H2,1H3/t17-,21+,22+,24+,26+,30-/m1/s1. The lowest BCUT2D eigenvalue weighted by Gasteiger charge is -2.44. The number of hydrogen-bond donors (Lipinski definition) is 2. The van der Waals surface area contributed by atoms with Crippen LogP contribution >= 0.6 is 22.6 Å². The van der Waals surface area contributed by atoms with E-state index < -0.39 is 52.3 Å². The maximum Gasteiger partial charge on any atom is 0.271 e. The normalized spacial score (nSPS) is 28.4. The largest absolute Gasteiger partial charge is 0.504 e. The highest BCUT2D eigenvalue weighted by atomic mass is 127. The van der Waals surface area contributed by atoms with E-state index in [9.17, 15) is 29.9 Å². The number of rotatable bonds is 7. The van der Waals surface area contributed by atoms with Crippen LogP contribution in [0.15, 0.2) is 66.7 Å². The molecule has 2 saturated heterocycles. The number of amides is 2. The summed E-state index contributed by atoms with van der Waals surface area (Å²) in [5.41, 5.74) is 0.514. The summed E-state index contributed by atoms with van der Waals surface area (Å²) in [5.74, 6) is -5.13. The number of phenols is 1. The first kappa shape index (κ1) is 28.4. The van der Waals surface area contributed by atoms with Crippen LogP contribution < -0.4 is 14.4 Å². The Morgan fingerprint density at radius 1 is 1.10 bits per heavy atom. The van der Waals surface area contributed by atoms with Gasteiger partial charge in [0.2, 0.25) is 11.8 Å². The highest BCUT2D eigenvalue weighted by molar-refractivity contribution is 14.1. The molecule has 3 fully saturated rings. The number of aliphatic hydroxyl groups is 1. The molecule has 2 N–H and O–H groups in total. The number of methoxy groups -OCH3 is 1. The summed E-state index contributed by atoms with van der Waals surface area (Å²) in [5, 5.41) is 33.9. The van der Waals surface area contributed by atoms with Gasteiger partial charge in [0, 0.05) is 24.0 Å². The molecule has 1 saturated carbocycles. The molecule has 6 rings (SSSR count). The molecule has 218 valence electrons. The van der Waals surface area contributed by atoms with E-state index in [0.29, 0.717) is 14.9 Å². The molecular weight excluding hydrogens is 659 g/mol. The van der Waals surface area contributed by atoms with Gasteiger partial charge in [0.25, 0.3) is 5.69 Å². The number of ether oxygens (including phenoxy) is 3. The molecule has 42 heavy (non-hydrogen) atoms. The molecule has 0 radical (unpaired) electrons. The second-order valence-electron chi connectivity index (χ2n) is 10.7.